The highest BCUT2D eigenvalue weighted by molar-refractivity contribution is 6.98. The zero-order chi connectivity index (χ0) is 22.8. The summed E-state index contributed by atoms with van der Waals surface area (Å²) in [7, 11) is -2.96. The summed E-state index contributed by atoms with van der Waals surface area (Å²) in [4.78, 5) is 12.4. The summed E-state index contributed by atoms with van der Waals surface area (Å²) in [5, 5.41) is 6.63. The highest BCUT2D eigenvalue weighted by atomic mass is 35.5. The topological polar surface area (TPSA) is 32.3 Å². The number of hydrogen-bond acceptors (Lipinski definition) is 2. The molecule has 1 fully saturated rings. The maximum absolute atomic E-state index is 12.4. The van der Waals surface area contributed by atoms with Crippen molar-refractivity contribution in [1.29, 1.82) is 0 Å². The maximum atomic E-state index is 12.4. The molecule has 0 bridgehead atoms. The highest BCUT2D eigenvalue weighted by Gasteiger charge is 2.50. The first-order valence-electron chi connectivity index (χ1n) is 11.7. The molecule has 1 saturated heterocycles. The molecule has 0 amide bonds. The van der Waals surface area contributed by atoms with E-state index >= 15 is 0 Å². The molecule has 4 heteroatoms. The van der Waals surface area contributed by atoms with Gasteiger partial charge in [0.1, 0.15) is 0 Å². The summed E-state index contributed by atoms with van der Waals surface area (Å²) in [5.41, 5.74) is 1.20. The van der Waals surface area contributed by atoms with Gasteiger partial charge in [-0.25, -0.2) is 0 Å². The Morgan fingerprint density at radius 3 is 2.00 bits per heavy atom. The summed E-state index contributed by atoms with van der Waals surface area (Å²) in [6.45, 7) is 6.84. The molecule has 2 N–H and O–H groups in total. The van der Waals surface area contributed by atoms with E-state index in [0.717, 1.165) is 34.7 Å². The first kappa shape index (κ1) is 23.3. The van der Waals surface area contributed by atoms with Gasteiger partial charge in [0.25, 0.3) is 8.32 Å². The van der Waals surface area contributed by atoms with E-state index in [-0.39, 0.29) is 5.04 Å². The third-order valence-electron chi connectivity index (χ3n) is 7.43. The van der Waals surface area contributed by atoms with Gasteiger partial charge in [-0.05, 0) is 52.2 Å². The number of halogens is 1. The fraction of sp³-hybridized carbons (Fsp3) is 0.357. The molecule has 0 spiro atoms. The molecule has 3 aromatic carbocycles. The first-order chi connectivity index (χ1) is 15.3. The van der Waals surface area contributed by atoms with E-state index in [4.69, 9.17) is 11.6 Å². The van der Waals surface area contributed by atoms with Gasteiger partial charge in [-0.2, -0.15) is 0 Å². The quantitative estimate of drug-likeness (QED) is 0.441. The molecule has 1 aliphatic rings. The molecule has 1 aliphatic heterocycles. The second kappa shape index (κ2) is 9.52. The van der Waals surface area contributed by atoms with Crippen molar-refractivity contribution >= 4 is 30.3 Å². The van der Waals surface area contributed by atoms with Gasteiger partial charge in [0.15, 0.2) is 0 Å². The molecule has 32 heavy (non-hydrogen) atoms. The van der Waals surface area contributed by atoms with Gasteiger partial charge in [0.05, 0.1) is 0 Å². The Labute approximate surface area is 198 Å². The fourth-order valence-electron chi connectivity index (χ4n) is 5.37. The van der Waals surface area contributed by atoms with Crippen molar-refractivity contribution < 1.29 is 4.80 Å². The van der Waals surface area contributed by atoms with Crippen molar-refractivity contribution in [1.82, 2.24) is 5.32 Å². The van der Waals surface area contributed by atoms with E-state index < -0.39 is 8.32 Å². The molecule has 4 rings (SSSR count). The monoisotopic (exact) mass is 463 g/mol. The van der Waals surface area contributed by atoms with Gasteiger partial charge < -0.3 is 10.1 Å². The SMILES string of the molecule is C[C@H]1C[C@@H](c2ccccc2Cl)N[C@@H]1CCC(C)(C)[Si](O)(c1ccccc1)c1ccccc1. The lowest BCUT2D eigenvalue weighted by molar-refractivity contribution is 0.387. The van der Waals surface area contributed by atoms with Crippen LogP contribution in [0.25, 0.3) is 0 Å². The lowest BCUT2D eigenvalue weighted by Gasteiger charge is -2.42. The molecule has 168 valence electrons. The second-order valence-corrected chi connectivity index (χ2v) is 14.3. The van der Waals surface area contributed by atoms with E-state index in [1.807, 2.05) is 48.5 Å². The van der Waals surface area contributed by atoms with Gasteiger partial charge in [0, 0.05) is 17.1 Å². The predicted octanol–water partition coefficient (Wildman–Crippen LogP) is 5.69. The van der Waals surface area contributed by atoms with Gasteiger partial charge in [0.2, 0.25) is 0 Å². The molecule has 3 aromatic rings. The van der Waals surface area contributed by atoms with Crippen LogP contribution in [0.5, 0.6) is 0 Å². The molecule has 0 aliphatic carbocycles. The zero-order valence-electron chi connectivity index (χ0n) is 19.3. The largest absolute Gasteiger partial charge is 0.424 e. The second-order valence-electron chi connectivity index (χ2n) is 9.93. The molecule has 3 atom stereocenters. The first-order valence-corrected chi connectivity index (χ1v) is 14.0. The van der Waals surface area contributed by atoms with Gasteiger partial charge in [-0.3, -0.25) is 0 Å². The van der Waals surface area contributed by atoms with Crippen LogP contribution in [0, 0.1) is 5.92 Å². The molecule has 0 saturated carbocycles. The lowest BCUT2D eigenvalue weighted by Crippen LogP contribution is -2.65. The van der Waals surface area contributed by atoms with E-state index in [1.54, 1.807) is 0 Å². The Balaban J connectivity index is 1.55. The Hall–Kier alpha value is -1.91. The van der Waals surface area contributed by atoms with Crippen LogP contribution in [0.2, 0.25) is 10.1 Å². The van der Waals surface area contributed by atoms with Crippen molar-refractivity contribution in [3.63, 3.8) is 0 Å². The van der Waals surface area contributed by atoms with E-state index in [0.29, 0.717) is 18.0 Å². The van der Waals surface area contributed by atoms with Crippen LogP contribution in [0.15, 0.2) is 84.9 Å². The van der Waals surface area contributed by atoms with Crippen molar-refractivity contribution in [2.45, 2.75) is 57.2 Å². The molecule has 0 aromatic heterocycles. The Morgan fingerprint density at radius 1 is 0.906 bits per heavy atom. The molecule has 0 radical (unpaired) electrons. The summed E-state index contributed by atoms with van der Waals surface area (Å²) in [5.74, 6) is 0.565. The summed E-state index contributed by atoms with van der Waals surface area (Å²) in [6.07, 6.45) is 3.08. The summed E-state index contributed by atoms with van der Waals surface area (Å²) < 4.78 is 0. The van der Waals surface area contributed by atoms with Crippen molar-refractivity contribution in [3.8, 4) is 0 Å². The van der Waals surface area contributed by atoms with Crippen LogP contribution >= 0.6 is 11.6 Å². The normalized spacial score (nSPS) is 21.6. The van der Waals surface area contributed by atoms with Crippen LogP contribution in [-0.2, 0) is 0 Å². The number of nitrogens with one attached hydrogen (secondary N) is 1. The Morgan fingerprint density at radius 2 is 1.44 bits per heavy atom. The van der Waals surface area contributed by atoms with Crippen LogP contribution in [-0.4, -0.2) is 19.2 Å². The minimum absolute atomic E-state index is 0.223. The van der Waals surface area contributed by atoms with Gasteiger partial charge in [-0.15, -0.1) is 0 Å². The number of rotatable bonds is 7. The van der Waals surface area contributed by atoms with Crippen molar-refractivity contribution in [2.24, 2.45) is 5.92 Å². The van der Waals surface area contributed by atoms with Crippen LogP contribution in [0.4, 0.5) is 0 Å². The van der Waals surface area contributed by atoms with Crippen molar-refractivity contribution in [3.05, 3.63) is 95.5 Å². The highest BCUT2D eigenvalue weighted by Crippen LogP contribution is 2.43. The Bertz CT molecular complexity index is 984. The van der Waals surface area contributed by atoms with Crippen LogP contribution in [0.3, 0.4) is 0 Å². The average molecular weight is 464 g/mol. The average Bonchev–Trinajstić information content (AvgIpc) is 3.18. The lowest BCUT2D eigenvalue weighted by atomic mass is 9.93. The molecular weight excluding hydrogens is 430 g/mol. The summed E-state index contributed by atoms with van der Waals surface area (Å²) >= 11 is 6.48. The van der Waals surface area contributed by atoms with E-state index in [2.05, 4.69) is 62.5 Å². The third-order valence-corrected chi connectivity index (χ3v) is 12.3. The van der Waals surface area contributed by atoms with Crippen molar-refractivity contribution in [2.75, 3.05) is 0 Å². The van der Waals surface area contributed by atoms with Gasteiger partial charge >= 0.3 is 0 Å². The third kappa shape index (κ3) is 4.45. The van der Waals surface area contributed by atoms with Crippen LogP contribution < -0.4 is 15.7 Å². The number of hydrogen-bond donors (Lipinski definition) is 2. The van der Waals surface area contributed by atoms with Crippen LogP contribution in [0.1, 0.15) is 51.6 Å². The minimum atomic E-state index is -2.96. The smallest absolute Gasteiger partial charge is 0.258 e. The van der Waals surface area contributed by atoms with E-state index in [1.165, 1.54) is 5.56 Å². The predicted molar refractivity (Wildman–Crippen MR) is 138 cm³/mol. The Kier molecular flexibility index (Phi) is 6.92. The van der Waals surface area contributed by atoms with E-state index in [9.17, 15) is 4.80 Å². The summed E-state index contributed by atoms with van der Waals surface area (Å²) in [6, 6.07) is 29.5. The fourth-order valence-corrected chi connectivity index (χ4v) is 9.39. The minimum Gasteiger partial charge on any atom is -0.424 e. The zero-order valence-corrected chi connectivity index (χ0v) is 21.0. The molecule has 2 nitrogen and oxygen atoms in total. The molecule has 1 heterocycles. The molecule has 0 unspecified atom stereocenters. The van der Waals surface area contributed by atoms with Gasteiger partial charge in [-0.1, -0.05) is 111 Å². The number of benzene rings is 3. The maximum Gasteiger partial charge on any atom is 0.258 e. The molecular formula is C28H34ClNOSi. The standard InChI is InChI=1S/C28H34ClNOSi/c1-21-20-27(24-16-10-11-17-25(24)29)30-26(21)18-19-28(2,3)32(31,22-12-6-4-7-13-22)23-14-8-5-9-15-23/h4-17,21,26-27,30-31H,18-20H2,1-3H3/t21-,26+,27-/m0/s1.